The Labute approximate surface area is 115 Å². The fourth-order valence-electron chi connectivity index (χ4n) is 2.37. The van der Waals surface area contributed by atoms with Crippen LogP contribution >= 0.6 is 0 Å². The van der Waals surface area contributed by atoms with Gasteiger partial charge in [-0.3, -0.25) is 4.79 Å². The van der Waals surface area contributed by atoms with Gasteiger partial charge in [-0.25, -0.2) is 0 Å². The van der Waals surface area contributed by atoms with Crippen LogP contribution in [0.4, 0.5) is 0 Å². The molecule has 1 saturated carbocycles. The fraction of sp³-hybridized carbons (Fsp3) is 0.562. The van der Waals surface area contributed by atoms with Crippen molar-refractivity contribution in [2.45, 2.75) is 33.1 Å². The molecule has 1 aromatic carbocycles. The maximum Gasteiger partial charge on any atom is 0.223 e. The first-order valence-corrected chi connectivity index (χ1v) is 6.93. The van der Waals surface area contributed by atoms with E-state index < -0.39 is 0 Å². The molecule has 1 aromatic rings. The normalized spacial score (nSPS) is 19.8. The number of hydrogen-bond acceptors (Lipinski definition) is 2. The molecule has 1 aliphatic carbocycles. The van der Waals surface area contributed by atoms with Gasteiger partial charge >= 0.3 is 0 Å². The maximum absolute atomic E-state index is 11.8. The molecule has 0 bridgehead atoms. The van der Waals surface area contributed by atoms with E-state index in [0.717, 1.165) is 31.6 Å². The van der Waals surface area contributed by atoms with Crippen LogP contribution in [0.5, 0.6) is 5.75 Å². The first-order chi connectivity index (χ1) is 9.03. The molecule has 1 unspecified atom stereocenters. The average Bonchev–Trinajstić information content (AvgIpc) is 3.04. The van der Waals surface area contributed by atoms with Gasteiger partial charge in [-0.05, 0) is 42.4 Å². The van der Waals surface area contributed by atoms with Crippen LogP contribution in [0.25, 0.3) is 0 Å². The highest BCUT2D eigenvalue weighted by Gasteiger charge is 2.50. The van der Waals surface area contributed by atoms with Gasteiger partial charge in [-0.2, -0.15) is 0 Å². The van der Waals surface area contributed by atoms with Crippen LogP contribution in [0.15, 0.2) is 24.3 Å². The highest BCUT2D eigenvalue weighted by Crippen LogP contribution is 2.51. The number of nitrogens with one attached hydrogen (secondary N) is 1. The van der Waals surface area contributed by atoms with Crippen molar-refractivity contribution in [2.75, 3.05) is 13.7 Å². The van der Waals surface area contributed by atoms with Crippen molar-refractivity contribution in [2.24, 2.45) is 11.3 Å². The van der Waals surface area contributed by atoms with Crippen molar-refractivity contribution in [1.29, 1.82) is 0 Å². The van der Waals surface area contributed by atoms with Crippen LogP contribution in [0.1, 0.15) is 32.3 Å². The highest BCUT2D eigenvalue weighted by molar-refractivity contribution is 5.82. The minimum absolute atomic E-state index is 0.218. The first kappa shape index (κ1) is 13.9. The largest absolute Gasteiger partial charge is 0.497 e. The van der Waals surface area contributed by atoms with Crippen LogP contribution in [-0.2, 0) is 11.2 Å². The Hall–Kier alpha value is -1.51. The summed E-state index contributed by atoms with van der Waals surface area (Å²) in [5.41, 5.74) is 1.47. The number of ether oxygens (including phenoxy) is 1. The lowest BCUT2D eigenvalue weighted by molar-refractivity contribution is -0.122. The molecule has 1 aliphatic rings. The molecular formula is C16H23NO2. The molecule has 104 valence electrons. The number of aryl methyl sites for hydroxylation is 1. The molecule has 2 rings (SSSR count). The van der Waals surface area contributed by atoms with Gasteiger partial charge in [0.2, 0.25) is 5.91 Å². The van der Waals surface area contributed by atoms with Gasteiger partial charge in [0.05, 0.1) is 7.11 Å². The Morgan fingerprint density at radius 3 is 2.84 bits per heavy atom. The summed E-state index contributed by atoms with van der Waals surface area (Å²) in [4.78, 5) is 11.8. The molecule has 1 atom stereocenters. The smallest absolute Gasteiger partial charge is 0.223 e. The van der Waals surface area contributed by atoms with Gasteiger partial charge in [-0.1, -0.05) is 26.0 Å². The molecule has 1 amide bonds. The molecule has 19 heavy (non-hydrogen) atoms. The van der Waals surface area contributed by atoms with Crippen molar-refractivity contribution in [3.05, 3.63) is 29.8 Å². The van der Waals surface area contributed by atoms with E-state index in [1.807, 2.05) is 18.2 Å². The minimum atomic E-state index is 0.218. The van der Waals surface area contributed by atoms with E-state index in [0.29, 0.717) is 0 Å². The van der Waals surface area contributed by atoms with Gasteiger partial charge < -0.3 is 10.1 Å². The predicted octanol–water partition coefficient (Wildman–Crippen LogP) is 2.79. The fourth-order valence-corrected chi connectivity index (χ4v) is 2.37. The number of carbonyl (C=O) groups is 1. The van der Waals surface area contributed by atoms with E-state index in [1.165, 1.54) is 5.56 Å². The third kappa shape index (κ3) is 3.72. The standard InChI is InChI=1S/C16H23NO2/c1-16(2)11-14(16)15(18)17-9-5-7-12-6-4-8-13(10-12)19-3/h4,6,8,10,14H,5,7,9,11H2,1-3H3,(H,17,18). The second-order valence-electron chi connectivity index (χ2n) is 5.99. The quantitative estimate of drug-likeness (QED) is 0.800. The number of rotatable bonds is 6. The zero-order valence-corrected chi connectivity index (χ0v) is 12.0. The van der Waals surface area contributed by atoms with E-state index in [4.69, 9.17) is 4.74 Å². The molecule has 3 heteroatoms. The third-order valence-electron chi connectivity index (χ3n) is 3.91. The monoisotopic (exact) mass is 261 g/mol. The average molecular weight is 261 g/mol. The molecule has 0 saturated heterocycles. The summed E-state index contributed by atoms with van der Waals surface area (Å²) >= 11 is 0. The van der Waals surface area contributed by atoms with Gasteiger partial charge in [0, 0.05) is 12.5 Å². The molecule has 0 radical (unpaired) electrons. The Morgan fingerprint density at radius 2 is 2.21 bits per heavy atom. The zero-order valence-electron chi connectivity index (χ0n) is 12.0. The number of amides is 1. The van der Waals surface area contributed by atoms with E-state index in [2.05, 4.69) is 25.2 Å². The Kier molecular flexibility index (Phi) is 4.13. The van der Waals surface area contributed by atoms with Crippen molar-refractivity contribution in [3.8, 4) is 5.75 Å². The summed E-state index contributed by atoms with van der Waals surface area (Å²) in [5, 5.41) is 3.03. The number of hydrogen-bond donors (Lipinski definition) is 1. The molecule has 0 heterocycles. The zero-order chi connectivity index (χ0) is 13.9. The van der Waals surface area contributed by atoms with Crippen LogP contribution in [0.3, 0.4) is 0 Å². The summed E-state index contributed by atoms with van der Waals surface area (Å²) in [6, 6.07) is 8.08. The van der Waals surface area contributed by atoms with Crippen molar-refractivity contribution < 1.29 is 9.53 Å². The molecular weight excluding hydrogens is 238 g/mol. The van der Waals surface area contributed by atoms with Gasteiger partial charge in [-0.15, -0.1) is 0 Å². The van der Waals surface area contributed by atoms with Crippen LogP contribution in [0.2, 0.25) is 0 Å². The first-order valence-electron chi connectivity index (χ1n) is 6.93. The predicted molar refractivity (Wildman–Crippen MR) is 76.2 cm³/mol. The lowest BCUT2D eigenvalue weighted by atomic mass is 10.1. The Morgan fingerprint density at radius 1 is 1.47 bits per heavy atom. The summed E-state index contributed by atoms with van der Waals surface area (Å²) in [7, 11) is 1.68. The molecule has 0 spiro atoms. The minimum Gasteiger partial charge on any atom is -0.497 e. The molecule has 0 aromatic heterocycles. The second kappa shape index (κ2) is 5.64. The number of methoxy groups -OCH3 is 1. The SMILES string of the molecule is COc1cccc(CCCNC(=O)C2CC2(C)C)c1. The highest BCUT2D eigenvalue weighted by atomic mass is 16.5. The summed E-state index contributed by atoms with van der Waals surface area (Å²) in [6.45, 7) is 5.05. The molecule has 0 aliphatic heterocycles. The van der Waals surface area contributed by atoms with Gasteiger partial charge in [0.25, 0.3) is 0 Å². The van der Waals surface area contributed by atoms with E-state index in [9.17, 15) is 4.79 Å². The summed E-state index contributed by atoms with van der Waals surface area (Å²) in [6.07, 6.45) is 2.95. The lowest BCUT2D eigenvalue weighted by Gasteiger charge is -2.07. The van der Waals surface area contributed by atoms with Gasteiger partial charge in [0.1, 0.15) is 5.75 Å². The van der Waals surface area contributed by atoms with Crippen molar-refractivity contribution in [1.82, 2.24) is 5.32 Å². The van der Waals surface area contributed by atoms with Crippen molar-refractivity contribution in [3.63, 3.8) is 0 Å². The van der Waals surface area contributed by atoms with E-state index >= 15 is 0 Å². The Bertz CT molecular complexity index is 454. The summed E-state index contributed by atoms with van der Waals surface area (Å²) < 4.78 is 5.19. The van der Waals surface area contributed by atoms with Crippen molar-refractivity contribution >= 4 is 5.91 Å². The summed E-state index contributed by atoms with van der Waals surface area (Å²) in [5.74, 6) is 1.33. The Balaban J connectivity index is 1.68. The molecule has 1 fully saturated rings. The van der Waals surface area contributed by atoms with E-state index in [1.54, 1.807) is 7.11 Å². The van der Waals surface area contributed by atoms with Crippen LogP contribution in [-0.4, -0.2) is 19.6 Å². The van der Waals surface area contributed by atoms with E-state index in [-0.39, 0.29) is 17.2 Å². The lowest BCUT2D eigenvalue weighted by Crippen LogP contribution is -2.27. The molecule has 1 N–H and O–H groups in total. The number of benzene rings is 1. The third-order valence-corrected chi connectivity index (χ3v) is 3.91. The second-order valence-corrected chi connectivity index (χ2v) is 5.99. The molecule has 3 nitrogen and oxygen atoms in total. The topological polar surface area (TPSA) is 38.3 Å². The number of carbonyl (C=O) groups excluding carboxylic acids is 1. The van der Waals surface area contributed by atoms with Crippen LogP contribution in [0, 0.1) is 11.3 Å². The van der Waals surface area contributed by atoms with Gasteiger partial charge in [0.15, 0.2) is 0 Å². The maximum atomic E-state index is 11.8. The van der Waals surface area contributed by atoms with Crippen LogP contribution < -0.4 is 10.1 Å².